The van der Waals surface area contributed by atoms with Gasteiger partial charge in [0.2, 0.25) is 0 Å². The molecule has 0 aromatic heterocycles. The third-order valence-electron chi connectivity index (χ3n) is 5.19. The summed E-state index contributed by atoms with van der Waals surface area (Å²) in [6, 6.07) is 24.0. The van der Waals surface area contributed by atoms with E-state index in [1.807, 2.05) is 0 Å². The highest BCUT2D eigenvalue weighted by atomic mass is 16.5. The molecule has 3 heteroatoms. The van der Waals surface area contributed by atoms with Gasteiger partial charge in [-0.25, -0.2) is 0 Å². The third-order valence-corrected chi connectivity index (χ3v) is 5.19. The minimum absolute atomic E-state index is 0.199. The van der Waals surface area contributed by atoms with Crippen LogP contribution in [0.5, 0.6) is 0 Å². The largest absolute Gasteiger partial charge is 0.383 e. The summed E-state index contributed by atoms with van der Waals surface area (Å²) in [5.74, 6) is 0. The van der Waals surface area contributed by atoms with Gasteiger partial charge in [-0.1, -0.05) is 71.8 Å². The molecule has 3 rings (SSSR count). The van der Waals surface area contributed by atoms with Gasteiger partial charge in [-0.2, -0.15) is 0 Å². The van der Waals surface area contributed by atoms with Crippen LogP contribution >= 0.6 is 0 Å². The summed E-state index contributed by atoms with van der Waals surface area (Å²) in [5.41, 5.74) is 8.65. The summed E-state index contributed by atoms with van der Waals surface area (Å²) in [6.45, 7) is 7.83. The van der Waals surface area contributed by atoms with E-state index < -0.39 is 0 Å². The molecule has 0 aliphatic rings. The maximum atomic E-state index is 5.50. The molecule has 1 unspecified atom stereocenters. The molecule has 0 aliphatic carbocycles. The lowest BCUT2D eigenvalue weighted by molar-refractivity contribution is 0.185. The average molecular weight is 389 g/mol. The van der Waals surface area contributed by atoms with Crippen molar-refractivity contribution in [2.75, 3.05) is 24.4 Å². The second-order valence-corrected chi connectivity index (χ2v) is 7.82. The summed E-state index contributed by atoms with van der Waals surface area (Å²) in [7, 11) is 1.76. The number of benzene rings is 3. The maximum absolute atomic E-state index is 5.50. The Bertz CT molecular complexity index is 901. The molecule has 0 aliphatic heterocycles. The summed E-state index contributed by atoms with van der Waals surface area (Å²) >= 11 is 0. The fourth-order valence-corrected chi connectivity index (χ4v) is 3.50. The monoisotopic (exact) mass is 388 g/mol. The molecule has 3 aromatic carbocycles. The second kappa shape index (κ2) is 10.1. The zero-order chi connectivity index (χ0) is 20.6. The van der Waals surface area contributed by atoms with Crippen LogP contribution in [0.25, 0.3) is 0 Å². The van der Waals surface area contributed by atoms with E-state index in [0.717, 1.165) is 24.3 Å². The van der Waals surface area contributed by atoms with Gasteiger partial charge >= 0.3 is 0 Å². The average Bonchev–Trinajstić information content (AvgIpc) is 2.71. The van der Waals surface area contributed by atoms with E-state index >= 15 is 0 Å². The van der Waals surface area contributed by atoms with E-state index in [9.17, 15) is 0 Å². The summed E-state index contributed by atoms with van der Waals surface area (Å²) < 4.78 is 5.50. The Morgan fingerprint density at radius 2 is 1.41 bits per heavy atom. The molecule has 0 fully saturated rings. The Labute approximate surface area is 175 Å². The van der Waals surface area contributed by atoms with Gasteiger partial charge in [0.05, 0.1) is 24.0 Å². The van der Waals surface area contributed by atoms with Crippen LogP contribution in [0.15, 0.2) is 66.7 Å². The third kappa shape index (κ3) is 6.10. The summed E-state index contributed by atoms with van der Waals surface area (Å²) in [5, 5.41) is 7.34. The van der Waals surface area contributed by atoms with Crippen molar-refractivity contribution in [2.24, 2.45) is 0 Å². The normalized spacial score (nSPS) is 11.9. The zero-order valence-corrected chi connectivity index (χ0v) is 18.0. The van der Waals surface area contributed by atoms with Crippen molar-refractivity contribution in [1.29, 1.82) is 0 Å². The lowest BCUT2D eigenvalue weighted by Crippen LogP contribution is -2.28. The van der Waals surface area contributed by atoms with Crippen molar-refractivity contribution in [1.82, 2.24) is 0 Å². The highest BCUT2D eigenvalue weighted by molar-refractivity contribution is 5.72. The second-order valence-electron chi connectivity index (χ2n) is 7.82. The SMILES string of the molecule is COCC(Cc1ccc(C)cc1)Nc1cccc(C)c1NCc1ccc(C)cc1. The fraction of sp³-hybridized carbons (Fsp3) is 0.308. The van der Waals surface area contributed by atoms with Gasteiger partial charge in [0.1, 0.15) is 0 Å². The van der Waals surface area contributed by atoms with Crippen molar-refractivity contribution < 1.29 is 4.74 Å². The van der Waals surface area contributed by atoms with Crippen LogP contribution in [0.3, 0.4) is 0 Å². The minimum Gasteiger partial charge on any atom is -0.383 e. The van der Waals surface area contributed by atoms with E-state index in [1.54, 1.807) is 7.11 Å². The molecule has 0 bridgehead atoms. The number of methoxy groups -OCH3 is 1. The molecule has 1 atom stereocenters. The predicted molar refractivity (Wildman–Crippen MR) is 124 cm³/mol. The van der Waals surface area contributed by atoms with Crippen LogP contribution in [0.1, 0.15) is 27.8 Å². The number of hydrogen-bond donors (Lipinski definition) is 2. The number of para-hydroxylation sites is 1. The van der Waals surface area contributed by atoms with Crippen LogP contribution in [0.4, 0.5) is 11.4 Å². The highest BCUT2D eigenvalue weighted by Crippen LogP contribution is 2.27. The first-order valence-corrected chi connectivity index (χ1v) is 10.2. The van der Waals surface area contributed by atoms with Gasteiger partial charge in [0, 0.05) is 13.7 Å². The number of ether oxygens (including phenoxy) is 1. The molecular formula is C26H32N2O. The predicted octanol–water partition coefficient (Wildman–Crippen LogP) is 5.89. The van der Waals surface area contributed by atoms with Crippen molar-refractivity contribution >= 4 is 11.4 Å². The topological polar surface area (TPSA) is 33.3 Å². The number of anilines is 2. The van der Waals surface area contributed by atoms with Crippen molar-refractivity contribution in [3.8, 4) is 0 Å². The first-order valence-electron chi connectivity index (χ1n) is 10.2. The molecule has 29 heavy (non-hydrogen) atoms. The molecule has 0 heterocycles. The van der Waals surface area contributed by atoms with E-state index in [2.05, 4.69) is 98.1 Å². The number of rotatable bonds is 9. The van der Waals surface area contributed by atoms with E-state index in [0.29, 0.717) is 6.61 Å². The Morgan fingerprint density at radius 1 is 0.793 bits per heavy atom. The standard InChI is InChI=1S/C26H32N2O/c1-19-8-12-22(13-9-19)16-24(18-29-4)28-25-7-5-6-21(3)26(25)27-17-23-14-10-20(2)11-15-23/h5-15,24,27-28H,16-18H2,1-4H3. The van der Waals surface area contributed by atoms with Crippen molar-refractivity contribution in [3.63, 3.8) is 0 Å². The highest BCUT2D eigenvalue weighted by Gasteiger charge is 2.13. The van der Waals surface area contributed by atoms with Gasteiger partial charge in [-0.15, -0.1) is 0 Å². The number of aryl methyl sites for hydroxylation is 3. The Hall–Kier alpha value is -2.78. The molecular weight excluding hydrogens is 356 g/mol. The first-order chi connectivity index (χ1) is 14.0. The van der Waals surface area contributed by atoms with Crippen LogP contribution in [-0.4, -0.2) is 19.8 Å². The van der Waals surface area contributed by atoms with Gasteiger partial charge < -0.3 is 15.4 Å². The van der Waals surface area contributed by atoms with Gasteiger partial charge in [-0.05, 0) is 49.9 Å². The molecule has 3 aromatic rings. The van der Waals surface area contributed by atoms with Crippen LogP contribution in [0.2, 0.25) is 0 Å². The molecule has 152 valence electrons. The van der Waals surface area contributed by atoms with Crippen LogP contribution in [-0.2, 0) is 17.7 Å². The van der Waals surface area contributed by atoms with Gasteiger partial charge in [0.15, 0.2) is 0 Å². The van der Waals surface area contributed by atoms with Crippen molar-refractivity contribution in [3.05, 3.63) is 94.5 Å². The summed E-state index contributed by atoms with van der Waals surface area (Å²) in [6.07, 6.45) is 0.916. The maximum Gasteiger partial charge on any atom is 0.0667 e. The van der Waals surface area contributed by atoms with E-state index in [-0.39, 0.29) is 6.04 Å². The molecule has 0 saturated heterocycles. The molecule has 3 nitrogen and oxygen atoms in total. The number of nitrogens with one attached hydrogen (secondary N) is 2. The van der Waals surface area contributed by atoms with Crippen LogP contribution in [0, 0.1) is 20.8 Å². The Morgan fingerprint density at radius 3 is 2.03 bits per heavy atom. The first kappa shape index (κ1) is 20.9. The minimum atomic E-state index is 0.199. The van der Waals surface area contributed by atoms with Gasteiger partial charge in [0.25, 0.3) is 0 Å². The lowest BCUT2D eigenvalue weighted by Gasteiger charge is -2.23. The summed E-state index contributed by atoms with van der Waals surface area (Å²) in [4.78, 5) is 0. The molecule has 0 spiro atoms. The molecule has 0 amide bonds. The fourth-order valence-electron chi connectivity index (χ4n) is 3.50. The van der Waals surface area contributed by atoms with Crippen molar-refractivity contribution in [2.45, 2.75) is 39.8 Å². The smallest absolute Gasteiger partial charge is 0.0667 e. The zero-order valence-electron chi connectivity index (χ0n) is 18.0. The van der Waals surface area contributed by atoms with E-state index in [1.165, 1.54) is 27.8 Å². The lowest BCUT2D eigenvalue weighted by atomic mass is 10.0. The molecule has 0 saturated carbocycles. The van der Waals surface area contributed by atoms with Gasteiger partial charge in [-0.3, -0.25) is 0 Å². The Balaban J connectivity index is 1.74. The molecule has 2 N–H and O–H groups in total. The number of hydrogen-bond acceptors (Lipinski definition) is 3. The molecule has 0 radical (unpaired) electrons. The van der Waals surface area contributed by atoms with E-state index in [4.69, 9.17) is 4.74 Å². The van der Waals surface area contributed by atoms with Crippen LogP contribution < -0.4 is 10.6 Å². The quantitative estimate of drug-likeness (QED) is 0.479. The Kier molecular flexibility index (Phi) is 7.31.